The fourth-order valence-corrected chi connectivity index (χ4v) is 0.996. The van der Waals surface area contributed by atoms with Crippen LogP contribution in [0.15, 0.2) is 36.4 Å². The van der Waals surface area contributed by atoms with Crippen LogP contribution in [0.5, 0.6) is 0 Å². The van der Waals surface area contributed by atoms with E-state index in [9.17, 15) is 0 Å². The summed E-state index contributed by atoms with van der Waals surface area (Å²) in [7, 11) is 0. The molecular weight excluding hydrogens is 134 g/mol. The summed E-state index contributed by atoms with van der Waals surface area (Å²) in [5.74, 6) is 0. The quantitative estimate of drug-likeness (QED) is 0.262. The van der Waals surface area contributed by atoms with E-state index in [0.717, 1.165) is 10.8 Å². The van der Waals surface area contributed by atoms with Crippen LogP contribution in [-0.4, -0.2) is 0 Å². The van der Waals surface area contributed by atoms with Gasteiger partial charge in [-0.3, -0.25) is 0 Å². The second kappa shape index (κ2) is 5.52. The van der Waals surface area contributed by atoms with Crippen molar-refractivity contribution in [2.75, 3.05) is 0 Å². The molecule has 0 amide bonds. The Morgan fingerprint density at radius 3 is 1.58 bits per heavy atom. The standard InChI is InChI=1S/C10H6.2Li/c1-2-6-10-8-4-3-7-9(10)5-1;;/h1-5,8H;;/q-2;2*+1. The molecule has 0 aliphatic heterocycles. The molecule has 0 aromatic heterocycles. The molecule has 0 nitrogen and oxygen atoms in total. The molecule has 0 aliphatic carbocycles. The van der Waals surface area contributed by atoms with Crippen molar-refractivity contribution in [3.05, 3.63) is 48.5 Å². The van der Waals surface area contributed by atoms with E-state index >= 15 is 0 Å². The van der Waals surface area contributed by atoms with Crippen molar-refractivity contribution in [2.24, 2.45) is 0 Å². The molecule has 0 N–H and O–H groups in total. The fraction of sp³-hybridized carbons (Fsp3) is 0. The average Bonchev–Trinajstić information content (AvgIpc) is 2.05. The molecule has 0 aliphatic rings. The second-order valence-electron chi connectivity index (χ2n) is 2.17. The predicted octanol–water partition coefficient (Wildman–Crippen LogP) is -3.55. The van der Waals surface area contributed by atoms with Gasteiger partial charge in [-0.2, -0.15) is 36.4 Å². The van der Waals surface area contributed by atoms with Crippen LogP contribution in [-0.2, 0) is 0 Å². The summed E-state index contributed by atoms with van der Waals surface area (Å²) in [5, 5.41) is 2.26. The zero-order valence-corrected chi connectivity index (χ0v) is 7.46. The van der Waals surface area contributed by atoms with Crippen molar-refractivity contribution in [1.82, 2.24) is 0 Å². The molecule has 2 aromatic rings. The Hall–Kier alpha value is -0.105. The predicted molar refractivity (Wildman–Crippen MR) is 41.6 cm³/mol. The summed E-state index contributed by atoms with van der Waals surface area (Å²) in [4.78, 5) is 0. The van der Waals surface area contributed by atoms with Crippen molar-refractivity contribution in [1.29, 1.82) is 0 Å². The van der Waals surface area contributed by atoms with E-state index in [-0.39, 0.29) is 37.7 Å². The minimum absolute atomic E-state index is 0. The maximum atomic E-state index is 3.12. The van der Waals surface area contributed by atoms with E-state index in [1.165, 1.54) is 0 Å². The molecule has 0 heterocycles. The molecule has 2 aromatic carbocycles. The Kier molecular flexibility index (Phi) is 5.48. The van der Waals surface area contributed by atoms with Crippen molar-refractivity contribution in [3.63, 3.8) is 0 Å². The molecule has 2 rings (SSSR count). The number of fused-ring (bicyclic) bond motifs is 1. The van der Waals surface area contributed by atoms with Gasteiger partial charge in [0.15, 0.2) is 0 Å². The molecule has 0 bridgehead atoms. The van der Waals surface area contributed by atoms with Crippen molar-refractivity contribution >= 4 is 10.8 Å². The van der Waals surface area contributed by atoms with Crippen LogP contribution < -0.4 is 37.7 Å². The third-order valence-corrected chi connectivity index (χ3v) is 1.49. The smallest absolute Gasteiger partial charge is 0.235 e. The van der Waals surface area contributed by atoms with Gasteiger partial charge in [0.25, 0.3) is 0 Å². The van der Waals surface area contributed by atoms with E-state index in [0.29, 0.717) is 0 Å². The van der Waals surface area contributed by atoms with Gasteiger partial charge in [0, 0.05) is 0 Å². The van der Waals surface area contributed by atoms with Gasteiger partial charge >= 0.3 is 37.7 Å². The summed E-state index contributed by atoms with van der Waals surface area (Å²) < 4.78 is 0. The van der Waals surface area contributed by atoms with E-state index in [2.05, 4.69) is 12.1 Å². The van der Waals surface area contributed by atoms with Crippen LogP contribution in [0.1, 0.15) is 0 Å². The summed E-state index contributed by atoms with van der Waals surface area (Å²) in [6.45, 7) is 0. The normalized spacial score (nSPS) is 8.33. The van der Waals surface area contributed by atoms with Gasteiger partial charge in [0.2, 0.25) is 0 Å². The van der Waals surface area contributed by atoms with E-state index in [1.807, 2.05) is 36.4 Å². The van der Waals surface area contributed by atoms with Crippen LogP contribution in [0.2, 0.25) is 0 Å². The Bertz CT molecular complexity index is 279. The van der Waals surface area contributed by atoms with Gasteiger partial charge in [-0.15, -0.1) is 0 Å². The third-order valence-electron chi connectivity index (χ3n) is 1.49. The summed E-state index contributed by atoms with van der Waals surface area (Å²) in [6.07, 6.45) is 0. The van der Waals surface area contributed by atoms with Gasteiger partial charge < -0.3 is 0 Å². The first-order chi connectivity index (χ1) is 4.97. The minimum atomic E-state index is 0. The summed E-state index contributed by atoms with van der Waals surface area (Å²) >= 11 is 0. The van der Waals surface area contributed by atoms with Crippen molar-refractivity contribution in [3.8, 4) is 0 Å². The zero-order valence-electron chi connectivity index (χ0n) is 7.46. The molecule has 48 valence electrons. The van der Waals surface area contributed by atoms with Gasteiger partial charge in [-0.1, -0.05) is 0 Å². The van der Waals surface area contributed by atoms with Crippen LogP contribution in [0.25, 0.3) is 10.8 Å². The number of rotatable bonds is 0. The Labute approximate surface area is 96.7 Å². The SMILES string of the molecule is [Li+].[Li+].[c-]1cccc2[c-]cccc12. The molecule has 0 saturated carbocycles. The molecular formula is C10H6Li2. The molecule has 0 saturated heterocycles. The van der Waals surface area contributed by atoms with Gasteiger partial charge in [-0.05, 0) is 0 Å². The monoisotopic (exact) mass is 140 g/mol. The summed E-state index contributed by atoms with van der Waals surface area (Å²) in [6, 6.07) is 18.1. The fourth-order valence-electron chi connectivity index (χ4n) is 0.996. The van der Waals surface area contributed by atoms with Crippen LogP contribution in [0.3, 0.4) is 0 Å². The molecule has 0 atom stereocenters. The first-order valence-corrected chi connectivity index (χ1v) is 3.24. The minimum Gasteiger partial charge on any atom is -0.235 e. The maximum Gasteiger partial charge on any atom is 1.00 e. The average molecular weight is 140 g/mol. The van der Waals surface area contributed by atoms with Gasteiger partial charge in [-0.25, -0.2) is 22.9 Å². The molecule has 2 heteroatoms. The second-order valence-corrected chi connectivity index (χ2v) is 2.17. The summed E-state index contributed by atoms with van der Waals surface area (Å²) in [5.41, 5.74) is 0. The van der Waals surface area contributed by atoms with Crippen LogP contribution in [0, 0.1) is 12.1 Å². The number of hydrogen-bond acceptors (Lipinski definition) is 0. The van der Waals surface area contributed by atoms with Gasteiger partial charge in [0.05, 0.1) is 0 Å². The van der Waals surface area contributed by atoms with Crippen molar-refractivity contribution < 1.29 is 37.7 Å². The Morgan fingerprint density at radius 1 is 0.750 bits per heavy atom. The Morgan fingerprint density at radius 2 is 1.17 bits per heavy atom. The molecule has 0 spiro atoms. The maximum absolute atomic E-state index is 3.12. The van der Waals surface area contributed by atoms with E-state index in [4.69, 9.17) is 0 Å². The molecule has 0 radical (unpaired) electrons. The molecule has 0 fully saturated rings. The number of hydrogen-bond donors (Lipinski definition) is 0. The first-order valence-electron chi connectivity index (χ1n) is 3.24. The largest absolute Gasteiger partial charge is 1.00 e. The van der Waals surface area contributed by atoms with Crippen molar-refractivity contribution in [2.45, 2.75) is 0 Å². The van der Waals surface area contributed by atoms with Crippen LogP contribution >= 0.6 is 0 Å². The number of benzene rings is 2. The van der Waals surface area contributed by atoms with Crippen LogP contribution in [0.4, 0.5) is 0 Å². The topological polar surface area (TPSA) is 0 Å². The Balaban J connectivity index is 0.000000605. The third kappa shape index (κ3) is 2.44. The van der Waals surface area contributed by atoms with E-state index < -0.39 is 0 Å². The zero-order chi connectivity index (χ0) is 6.81. The van der Waals surface area contributed by atoms with Gasteiger partial charge in [0.1, 0.15) is 0 Å². The first kappa shape index (κ1) is 11.9. The van der Waals surface area contributed by atoms with E-state index in [1.54, 1.807) is 0 Å². The molecule has 0 unspecified atom stereocenters. The molecule has 12 heavy (non-hydrogen) atoms.